The summed E-state index contributed by atoms with van der Waals surface area (Å²) in [6.45, 7) is 8.64. The first-order chi connectivity index (χ1) is 13.0. The maximum Gasteiger partial charge on any atom is 0.341 e. The molecule has 0 bridgehead atoms. The number of carboxylic acids is 1. The SMILES string of the molecule is C=CCc1c(OCC(=O)O)c(CN2CCOCC2)cc2c(C)cc(=O)oc12. The average Bonchev–Trinajstić information content (AvgIpc) is 2.63. The molecule has 0 spiro atoms. The molecule has 1 aromatic carbocycles. The average molecular weight is 373 g/mol. The van der Waals surface area contributed by atoms with E-state index >= 15 is 0 Å². The van der Waals surface area contributed by atoms with Gasteiger partial charge in [0.25, 0.3) is 0 Å². The minimum atomic E-state index is -1.07. The van der Waals surface area contributed by atoms with E-state index < -0.39 is 18.2 Å². The Morgan fingerprint density at radius 1 is 1.37 bits per heavy atom. The quantitative estimate of drug-likeness (QED) is 0.587. The Morgan fingerprint density at radius 2 is 2.11 bits per heavy atom. The van der Waals surface area contributed by atoms with Gasteiger partial charge in [-0.3, -0.25) is 4.90 Å². The first kappa shape index (κ1) is 19.1. The summed E-state index contributed by atoms with van der Waals surface area (Å²) >= 11 is 0. The molecule has 0 atom stereocenters. The van der Waals surface area contributed by atoms with Crippen molar-refractivity contribution in [3.05, 3.63) is 51.9 Å². The van der Waals surface area contributed by atoms with E-state index in [1.54, 1.807) is 6.08 Å². The zero-order valence-electron chi connectivity index (χ0n) is 15.3. The van der Waals surface area contributed by atoms with Gasteiger partial charge in [-0.05, 0) is 25.0 Å². The fourth-order valence-corrected chi connectivity index (χ4v) is 3.32. The summed E-state index contributed by atoms with van der Waals surface area (Å²) < 4.78 is 16.5. The van der Waals surface area contributed by atoms with E-state index in [-0.39, 0.29) is 0 Å². The number of carboxylic acid groups (broad SMARTS) is 1. The molecule has 1 saturated heterocycles. The number of benzene rings is 1. The highest BCUT2D eigenvalue weighted by Crippen LogP contribution is 2.35. The van der Waals surface area contributed by atoms with Crippen LogP contribution < -0.4 is 10.4 Å². The number of nitrogens with zero attached hydrogens (tertiary/aromatic N) is 1. The van der Waals surface area contributed by atoms with Gasteiger partial charge in [0.05, 0.1) is 13.2 Å². The summed E-state index contributed by atoms with van der Waals surface area (Å²) in [5, 5.41) is 9.88. The second-order valence-electron chi connectivity index (χ2n) is 6.53. The van der Waals surface area contributed by atoms with Gasteiger partial charge in [-0.1, -0.05) is 6.08 Å². The Balaban J connectivity index is 2.16. The Labute approximate surface area is 156 Å². The van der Waals surface area contributed by atoms with Crippen LogP contribution in [-0.4, -0.2) is 48.9 Å². The first-order valence-electron chi connectivity index (χ1n) is 8.84. The van der Waals surface area contributed by atoms with Gasteiger partial charge in [0.2, 0.25) is 0 Å². The Bertz CT molecular complexity index is 911. The fourth-order valence-electron chi connectivity index (χ4n) is 3.32. The maximum absolute atomic E-state index is 11.9. The predicted octanol–water partition coefficient (Wildman–Crippen LogP) is 2.13. The van der Waals surface area contributed by atoms with E-state index in [1.165, 1.54) is 6.07 Å². The van der Waals surface area contributed by atoms with Crippen molar-refractivity contribution in [3.63, 3.8) is 0 Å². The number of fused-ring (bicyclic) bond motifs is 1. The molecule has 1 fully saturated rings. The minimum absolute atomic E-state index is 0.398. The van der Waals surface area contributed by atoms with Gasteiger partial charge in [0.15, 0.2) is 6.61 Å². The Hall–Kier alpha value is -2.64. The van der Waals surface area contributed by atoms with E-state index in [9.17, 15) is 9.59 Å². The van der Waals surface area contributed by atoms with Crippen LogP contribution in [0, 0.1) is 6.92 Å². The lowest BCUT2D eigenvalue weighted by atomic mass is 9.99. The standard InChI is InChI=1S/C20H23NO6/c1-3-4-15-19(26-12-17(22)23)14(11-21-5-7-25-8-6-21)10-16-13(2)9-18(24)27-20(15)16/h3,9-10H,1,4-8,11-12H2,2H3,(H,22,23). The predicted molar refractivity (Wildman–Crippen MR) is 100 cm³/mol. The molecule has 144 valence electrons. The molecular formula is C20H23NO6. The van der Waals surface area contributed by atoms with Gasteiger partial charge in [-0.25, -0.2) is 9.59 Å². The summed E-state index contributed by atoms with van der Waals surface area (Å²) in [5.41, 5.74) is 2.29. The number of hydrogen-bond acceptors (Lipinski definition) is 6. The number of aryl methyl sites for hydroxylation is 1. The molecular weight excluding hydrogens is 350 g/mol. The smallest absolute Gasteiger partial charge is 0.341 e. The molecule has 7 heteroatoms. The number of carbonyl (C=O) groups is 1. The largest absolute Gasteiger partial charge is 0.481 e. The van der Waals surface area contributed by atoms with E-state index in [4.69, 9.17) is 19.0 Å². The molecule has 0 aliphatic carbocycles. The van der Waals surface area contributed by atoms with Crippen molar-refractivity contribution in [1.82, 2.24) is 4.90 Å². The van der Waals surface area contributed by atoms with E-state index in [2.05, 4.69) is 11.5 Å². The van der Waals surface area contributed by atoms with Crippen LogP contribution in [0.15, 0.2) is 34.0 Å². The van der Waals surface area contributed by atoms with Crippen molar-refractivity contribution < 1.29 is 23.8 Å². The van der Waals surface area contributed by atoms with Crippen molar-refractivity contribution in [2.24, 2.45) is 0 Å². The zero-order valence-corrected chi connectivity index (χ0v) is 15.3. The van der Waals surface area contributed by atoms with Gasteiger partial charge in [-0.2, -0.15) is 0 Å². The molecule has 2 heterocycles. The van der Waals surface area contributed by atoms with Crippen LogP contribution in [0.2, 0.25) is 0 Å². The van der Waals surface area contributed by atoms with Crippen LogP contribution in [0.25, 0.3) is 11.0 Å². The number of ether oxygens (including phenoxy) is 2. The monoisotopic (exact) mass is 373 g/mol. The number of morpholine rings is 1. The van der Waals surface area contributed by atoms with Crippen LogP contribution in [0.3, 0.4) is 0 Å². The first-order valence-corrected chi connectivity index (χ1v) is 8.84. The van der Waals surface area contributed by atoms with Gasteiger partial charge in [0.1, 0.15) is 11.3 Å². The van der Waals surface area contributed by atoms with Crippen LogP contribution in [0.5, 0.6) is 5.75 Å². The zero-order chi connectivity index (χ0) is 19.4. The molecule has 0 saturated carbocycles. The van der Waals surface area contributed by atoms with Gasteiger partial charge in [-0.15, -0.1) is 6.58 Å². The molecule has 1 N–H and O–H groups in total. The summed E-state index contributed by atoms with van der Waals surface area (Å²) in [6, 6.07) is 3.38. The van der Waals surface area contributed by atoms with E-state index in [0.29, 0.717) is 43.1 Å². The molecule has 1 aromatic heterocycles. The second kappa shape index (κ2) is 8.37. The van der Waals surface area contributed by atoms with Crippen molar-refractivity contribution in [2.75, 3.05) is 32.9 Å². The second-order valence-corrected chi connectivity index (χ2v) is 6.53. The molecule has 0 unspecified atom stereocenters. The normalized spacial score (nSPS) is 15.0. The molecule has 1 aliphatic rings. The van der Waals surface area contributed by atoms with Crippen molar-refractivity contribution in [2.45, 2.75) is 19.9 Å². The van der Waals surface area contributed by atoms with Crippen LogP contribution in [0.1, 0.15) is 16.7 Å². The van der Waals surface area contributed by atoms with E-state index in [0.717, 1.165) is 29.6 Å². The summed E-state index contributed by atoms with van der Waals surface area (Å²) in [7, 11) is 0. The lowest BCUT2D eigenvalue weighted by molar-refractivity contribution is -0.139. The molecule has 3 rings (SSSR count). The van der Waals surface area contributed by atoms with Crippen molar-refractivity contribution >= 4 is 16.9 Å². The van der Waals surface area contributed by atoms with Gasteiger partial charge < -0.3 is 19.0 Å². The number of hydrogen-bond donors (Lipinski definition) is 1. The molecule has 7 nitrogen and oxygen atoms in total. The van der Waals surface area contributed by atoms with Crippen molar-refractivity contribution in [1.29, 1.82) is 0 Å². The number of allylic oxidation sites excluding steroid dienone is 1. The maximum atomic E-state index is 11.9. The lowest BCUT2D eigenvalue weighted by Gasteiger charge is -2.28. The molecule has 0 radical (unpaired) electrons. The fraction of sp³-hybridized carbons (Fsp3) is 0.400. The molecule has 1 aliphatic heterocycles. The topological polar surface area (TPSA) is 89.2 Å². The summed E-state index contributed by atoms with van der Waals surface area (Å²) in [6.07, 6.45) is 2.08. The number of aliphatic carboxylic acids is 1. The lowest BCUT2D eigenvalue weighted by Crippen LogP contribution is -2.35. The molecule has 27 heavy (non-hydrogen) atoms. The summed E-state index contributed by atoms with van der Waals surface area (Å²) in [4.78, 5) is 25.2. The highest BCUT2D eigenvalue weighted by atomic mass is 16.5. The highest BCUT2D eigenvalue weighted by molar-refractivity contribution is 5.86. The van der Waals surface area contributed by atoms with Crippen LogP contribution in [-0.2, 0) is 22.5 Å². The van der Waals surface area contributed by atoms with Crippen LogP contribution in [0.4, 0.5) is 0 Å². The third kappa shape index (κ3) is 4.37. The summed E-state index contributed by atoms with van der Waals surface area (Å²) in [5.74, 6) is -0.618. The van der Waals surface area contributed by atoms with Gasteiger partial charge in [0, 0.05) is 42.2 Å². The van der Waals surface area contributed by atoms with Crippen molar-refractivity contribution in [3.8, 4) is 5.75 Å². The number of rotatable bonds is 7. The Kier molecular flexibility index (Phi) is 5.93. The highest BCUT2D eigenvalue weighted by Gasteiger charge is 2.21. The molecule has 0 amide bonds. The van der Waals surface area contributed by atoms with Crippen LogP contribution >= 0.6 is 0 Å². The minimum Gasteiger partial charge on any atom is -0.481 e. The van der Waals surface area contributed by atoms with E-state index in [1.807, 2.05) is 13.0 Å². The third-order valence-electron chi connectivity index (χ3n) is 4.55. The Morgan fingerprint density at radius 3 is 2.78 bits per heavy atom. The van der Waals surface area contributed by atoms with Gasteiger partial charge >= 0.3 is 11.6 Å². The third-order valence-corrected chi connectivity index (χ3v) is 4.55. The molecule has 2 aromatic rings.